The lowest BCUT2D eigenvalue weighted by Gasteiger charge is -2.07. The number of carbonyl (C=O) groups is 1. The average Bonchev–Trinajstić information content (AvgIpc) is 3.10. The molecule has 0 spiro atoms. The Morgan fingerprint density at radius 3 is 2.90 bits per heavy atom. The Kier molecular flexibility index (Phi) is 3.62. The Hall–Kier alpha value is -2.34. The molecule has 1 aliphatic heterocycles. The molecular formula is C15H10BrNO4. The Morgan fingerprint density at radius 2 is 2.19 bits per heavy atom. The molecule has 0 atom stereocenters. The zero-order chi connectivity index (χ0) is 14.8. The summed E-state index contributed by atoms with van der Waals surface area (Å²) in [5, 5.41) is 0. The lowest BCUT2D eigenvalue weighted by molar-refractivity contribution is -0.129. The Bertz CT molecular complexity index is 747. The van der Waals surface area contributed by atoms with Crippen LogP contribution in [0.25, 0.3) is 6.08 Å². The molecule has 0 radical (unpaired) electrons. The first-order chi connectivity index (χ1) is 10.2. The van der Waals surface area contributed by atoms with Crippen LogP contribution in [0.2, 0.25) is 0 Å². The van der Waals surface area contributed by atoms with E-state index in [2.05, 4.69) is 20.9 Å². The summed E-state index contributed by atoms with van der Waals surface area (Å²) in [6.07, 6.45) is 3.05. The lowest BCUT2D eigenvalue weighted by Crippen LogP contribution is -2.07. The molecule has 0 saturated carbocycles. The van der Waals surface area contributed by atoms with Crippen molar-refractivity contribution in [2.45, 2.75) is 0 Å². The van der Waals surface area contributed by atoms with Crippen LogP contribution in [0.4, 0.5) is 0 Å². The van der Waals surface area contributed by atoms with Crippen molar-refractivity contribution in [2.75, 3.05) is 7.11 Å². The molecule has 21 heavy (non-hydrogen) atoms. The number of rotatable bonds is 3. The summed E-state index contributed by atoms with van der Waals surface area (Å²) < 4.78 is 16.5. The number of nitrogens with zero attached hydrogens (tertiary/aromatic N) is 1. The minimum Gasteiger partial charge on any atom is -0.496 e. The van der Waals surface area contributed by atoms with Crippen LogP contribution in [0, 0.1) is 0 Å². The van der Waals surface area contributed by atoms with Crippen molar-refractivity contribution >= 4 is 33.9 Å². The number of halogens is 1. The van der Waals surface area contributed by atoms with Gasteiger partial charge in [-0.05, 0) is 30.3 Å². The largest absolute Gasteiger partial charge is 0.496 e. The van der Waals surface area contributed by atoms with Crippen LogP contribution in [-0.4, -0.2) is 19.0 Å². The number of benzene rings is 1. The SMILES string of the molecule is COc1ccc(Br)cc1C1=N/C(=C/c2ccco2)C(=O)O1. The van der Waals surface area contributed by atoms with Crippen molar-refractivity contribution in [3.8, 4) is 5.75 Å². The van der Waals surface area contributed by atoms with E-state index in [0.29, 0.717) is 17.1 Å². The molecule has 5 nitrogen and oxygen atoms in total. The van der Waals surface area contributed by atoms with Gasteiger partial charge >= 0.3 is 5.97 Å². The number of hydrogen-bond donors (Lipinski definition) is 0. The highest BCUT2D eigenvalue weighted by Gasteiger charge is 2.26. The van der Waals surface area contributed by atoms with E-state index >= 15 is 0 Å². The van der Waals surface area contributed by atoms with Gasteiger partial charge < -0.3 is 13.9 Å². The van der Waals surface area contributed by atoms with Crippen molar-refractivity contribution in [2.24, 2.45) is 4.99 Å². The second-order valence-corrected chi connectivity index (χ2v) is 5.11. The summed E-state index contributed by atoms with van der Waals surface area (Å²) in [6, 6.07) is 8.84. The van der Waals surface area contributed by atoms with Crippen molar-refractivity contribution in [1.82, 2.24) is 0 Å². The molecule has 2 heterocycles. The number of esters is 1. The molecule has 1 aliphatic rings. The van der Waals surface area contributed by atoms with Gasteiger partial charge in [-0.25, -0.2) is 9.79 Å². The summed E-state index contributed by atoms with van der Waals surface area (Å²) in [5.41, 5.74) is 0.782. The van der Waals surface area contributed by atoms with Gasteiger partial charge in [-0.15, -0.1) is 0 Å². The molecule has 0 aliphatic carbocycles. The number of aliphatic imine (C=N–C) groups is 1. The van der Waals surface area contributed by atoms with Crippen LogP contribution in [-0.2, 0) is 9.53 Å². The summed E-state index contributed by atoms with van der Waals surface area (Å²) in [4.78, 5) is 16.1. The van der Waals surface area contributed by atoms with Crippen molar-refractivity contribution in [1.29, 1.82) is 0 Å². The topological polar surface area (TPSA) is 61.0 Å². The monoisotopic (exact) mass is 347 g/mol. The van der Waals surface area contributed by atoms with Gasteiger partial charge in [0.1, 0.15) is 11.5 Å². The Labute approximate surface area is 129 Å². The van der Waals surface area contributed by atoms with Gasteiger partial charge in [0.05, 0.1) is 18.9 Å². The van der Waals surface area contributed by atoms with Gasteiger partial charge in [0.25, 0.3) is 0 Å². The number of furan rings is 1. The van der Waals surface area contributed by atoms with Gasteiger partial charge in [-0.3, -0.25) is 0 Å². The highest BCUT2D eigenvalue weighted by Crippen LogP contribution is 2.27. The van der Waals surface area contributed by atoms with Crippen LogP contribution >= 0.6 is 15.9 Å². The molecule has 0 amide bonds. The molecule has 0 unspecified atom stereocenters. The van der Waals surface area contributed by atoms with Crippen molar-refractivity contribution in [3.05, 3.63) is 58.1 Å². The number of carbonyl (C=O) groups excluding carboxylic acids is 1. The lowest BCUT2D eigenvalue weighted by atomic mass is 10.2. The molecule has 6 heteroatoms. The van der Waals surface area contributed by atoms with E-state index in [-0.39, 0.29) is 11.6 Å². The smallest absolute Gasteiger partial charge is 0.363 e. The first kappa shape index (κ1) is 13.6. The molecular weight excluding hydrogens is 338 g/mol. The van der Waals surface area contributed by atoms with Crippen LogP contribution in [0.5, 0.6) is 5.75 Å². The molecule has 0 bridgehead atoms. The van der Waals surface area contributed by atoms with E-state index in [1.54, 1.807) is 31.4 Å². The fourth-order valence-electron chi connectivity index (χ4n) is 1.88. The molecule has 0 N–H and O–H groups in total. The van der Waals surface area contributed by atoms with E-state index in [9.17, 15) is 4.79 Å². The molecule has 3 rings (SSSR count). The maximum Gasteiger partial charge on any atom is 0.363 e. The van der Waals surface area contributed by atoms with E-state index in [1.165, 1.54) is 12.3 Å². The summed E-state index contributed by atoms with van der Waals surface area (Å²) in [5.74, 6) is 0.788. The van der Waals surface area contributed by atoms with E-state index in [1.807, 2.05) is 6.07 Å². The third kappa shape index (κ3) is 2.75. The molecule has 1 aromatic carbocycles. The summed E-state index contributed by atoms with van der Waals surface area (Å²) in [6.45, 7) is 0. The van der Waals surface area contributed by atoms with E-state index in [0.717, 1.165) is 4.47 Å². The quantitative estimate of drug-likeness (QED) is 0.630. The number of ether oxygens (including phenoxy) is 2. The van der Waals surface area contributed by atoms with Crippen molar-refractivity contribution in [3.63, 3.8) is 0 Å². The highest BCUT2D eigenvalue weighted by molar-refractivity contribution is 9.10. The molecule has 0 fully saturated rings. The molecule has 1 aromatic heterocycles. The van der Waals surface area contributed by atoms with Crippen LogP contribution in [0.1, 0.15) is 11.3 Å². The van der Waals surface area contributed by atoms with E-state index < -0.39 is 5.97 Å². The number of cyclic esters (lactones) is 1. The Morgan fingerprint density at radius 1 is 1.33 bits per heavy atom. The van der Waals surface area contributed by atoms with Gasteiger partial charge in [0.2, 0.25) is 5.90 Å². The van der Waals surface area contributed by atoms with Crippen LogP contribution in [0.3, 0.4) is 0 Å². The minimum atomic E-state index is -0.525. The maximum absolute atomic E-state index is 11.9. The molecule has 0 saturated heterocycles. The first-order valence-electron chi connectivity index (χ1n) is 6.07. The van der Waals surface area contributed by atoms with E-state index in [4.69, 9.17) is 13.9 Å². The zero-order valence-corrected chi connectivity index (χ0v) is 12.6. The fraction of sp³-hybridized carbons (Fsp3) is 0.0667. The zero-order valence-electron chi connectivity index (χ0n) is 11.0. The van der Waals surface area contributed by atoms with Crippen LogP contribution < -0.4 is 4.74 Å². The maximum atomic E-state index is 11.9. The van der Waals surface area contributed by atoms with Crippen molar-refractivity contribution < 1.29 is 18.7 Å². The normalized spacial score (nSPS) is 16.0. The highest BCUT2D eigenvalue weighted by atomic mass is 79.9. The summed E-state index contributed by atoms with van der Waals surface area (Å²) in [7, 11) is 1.55. The predicted molar refractivity (Wildman–Crippen MR) is 80.0 cm³/mol. The second kappa shape index (κ2) is 5.57. The summed E-state index contributed by atoms with van der Waals surface area (Å²) >= 11 is 3.37. The van der Waals surface area contributed by atoms with Gasteiger partial charge in [-0.2, -0.15) is 0 Å². The number of hydrogen-bond acceptors (Lipinski definition) is 5. The third-order valence-corrected chi connectivity index (χ3v) is 3.33. The predicted octanol–water partition coefficient (Wildman–Crippen LogP) is 3.40. The second-order valence-electron chi connectivity index (χ2n) is 4.20. The van der Waals surface area contributed by atoms with Crippen LogP contribution in [0.15, 0.2) is 56.2 Å². The minimum absolute atomic E-state index is 0.182. The fourth-order valence-corrected chi connectivity index (χ4v) is 2.24. The van der Waals surface area contributed by atoms with Gasteiger partial charge in [0, 0.05) is 10.5 Å². The molecule has 2 aromatic rings. The number of methoxy groups -OCH3 is 1. The standard InChI is InChI=1S/C15H10BrNO4/c1-19-13-5-4-9(16)7-11(13)14-17-12(15(18)21-14)8-10-3-2-6-20-10/h2-8H,1H3/b12-8+. The van der Waals surface area contributed by atoms with Gasteiger partial charge in [-0.1, -0.05) is 15.9 Å². The van der Waals surface area contributed by atoms with Gasteiger partial charge in [0.15, 0.2) is 5.70 Å². The average molecular weight is 348 g/mol. The first-order valence-corrected chi connectivity index (χ1v) is 6.86. The Balaban J connectivity index is 2.01. The third-order valence-electron chi connectivity index (χ3n) is 2.83. The molecule has 106 valence electrons.